The van der Waals surface area contributed by atoms with E-state index in [-0.39, 0.29) is 18.6 Å². The van der Waals surface area contributed by atoms with Gasteiger partial charge in [-0.15, -0.1) is 0 Å². The van der Waals surface area contributed by atoms with Crippen LogP contribution in [0.1, 0.15) is 12.5 Å². The molecule has 0 aliphatic rings. The largest absolute Gasteiger partial charge is 0.462 e. The smallest absolute Gasteiger partial charge is 0.345 e. The zero-order chi connectivity index (χ0) is 11.1. The number of hydrogen-bond acceptors (Lipinski definition) is 3. The van der Waals surface area contributed by atoms with E-state index in [0.717, 1.165) is 5.56 Å². The first-order valence-electron chi connectivity index (χ1n) is 4.73. The molecule has 0 aliphatic heterocycles. The summed E-state index contributed by atoms with van der Waals surface area (Å²) in [5.41, 5.74) is 0.923. The molecule has 1 rings (SSSR count). The van der Waals surface area contributed by atoms with Crippen molar-refractivity contribution in [3.05, 3.63) is 41.5 Å². The van der Waals surface area contributed by atoms with Gasteiger partial charge in [0.25, 0.3) is 0 Å². The number of ether oxygens (including phenoxy) is 1. The molecule has 1 aromatic rings. The van der Waals surface area contributed by atoms with Crippen LogP contribution >= 0.6 is 0 Å². The van der Waals surface area contributed by atoms with Gasteiger partial charge in [0, 0.05) is 6.42 Å². The van der Waals surface area contributed by atoms with E-state index in [2.05, 4.69) is 0 Å². The van der Waals surface area contributed by atoms with Gasteiger partial charge in [-0.2, -0.15) is 0 Å². The highest BCUT2D eigenvalue weighted by molar-refractivity contribution is 5.97. The zero-order valence-electron chi connectivity index (χ0n) is 8.53. The van der Waals surface area contributed by atoms with Crippen LogP contribution in [0.3, 0.4) is 0 Å². The molecule has 3 nitrogen and oxygen atoms in total. The summed E-state index contributed by atoms with van der Waals surface area (Å²) in [7, 11) is 0. The molecule has 15 heavy (non-hydrogen) atoms. The second-order valence-corrected chi connectivity index (χ2v) is 2.96. The van der Waals surface area contributed by atoms with E-state index < -0.39 is 5.97 Å². The van der Waals surface area contributed by atoms with E-state index in [0.29, 0.717) is 0 Å². The molecule has 0 saturated heterocycles. The third-order valence-electron chi connectivity index (χ3n) is 1.87. The van der Waals surface area contributed by atoms with Crippen LogP contribution in [-0.4, -0.2) is 18.5 Å². The minimum absolute atomic E-state index is 0.0306. The molecule has 0 aromatic heterocycles. The van der Waals surface area contributed by atoms with E-state index in [1.807, 2.05) is 30.3 Å². The van der Waals surface area contributed by atoms with E-state index in [1.54, 1.807) is 12.9 Å². The SMILES string of the molecule is CCOC(=O)C(=C=O)Cc1ccccc1. The Labute approximate surface area is 88.4 Å². The molecule has 0 atom stereocenters. The van der Waals surface area contributed by atoms with Gasteiger partial charge < -0.3 is 4.74 Å². The van der Waals surface area contributed by atoms with Gasteiger partial charge in [0.05, 0.1) is 6.61 Å². The van der Waals surface area contributed by atoms with Crippen molar-refractivity contribution in [2.24, 2.45) is 0 Å². The van der Waals surface area contributed by atoms with Crippen molar-refractivity contribution >= 4 is 11.9 Å². The lowest BCUT2D eigenvalue weighted by Crippen LogP contribution is -2.10. The highest BCUT2D eigenvalue weighted by atomic mass is 16.5. The number of carbonyl (C=O) groups is 1. The summed E-state index contributed by atoms with van der Waals surface area (Å²) >= 11 is 0. The Morgan fingerprint density at radius 2 is 2.00 bits per heavy atom. The van der Waals surface area contributed by atoms with E-state index >= 15 is 0 Å². The third kappa shape index (κ3) is 3.41. The Kier molecular flexibility index (Phi) is 4.32. The molecule has 0 radical (unpaired) electrons. The van der Waals surface area contributed by atoms with Gasteiger partial charge in [0.2, 0.25) is 0 Å². The van der Waals surface area contributed by atoms with Crippen molar-refractivity contribution in [2.45, 2.75) is 13.3 Å². The molecular weight excluding hydrogens is 192 g/mol. The average Bonchev–Trinajstić information content (AvgIpc) is 2.27. The lowest BCUT2D eigenvalue weighted by atomic mass is 10.1. The van der Waals surface area contributed by atoms with Crippen molar-refractivity contribution in [2.75, 3.05) is 6.61 Å². The van der Waals surface area contributed by atoms with Gasteiger partial charge in [0.15, 0.2) is 0 Å². The summed E-state index contributed by atoms with van der Waals surface area (Å²) in [5.74, 6) is 1.04. The quantitative estimate of drug-likeness (QED) is 0.424. The van der Waals surface area contributed by atoms with Crippen LogP contribution in [0.15, 0.2) is 35.9 Å². The Hall–Kier alpha value is -1.86. The predicted molar refractivity (Wildman–Crippen MR) is 56.0 cm³/mol. The van der Waals surface area contributed by atoms with Crippen LogP contribution in [0, 0.1) is 0 Å². The van der Waals surface area contributed by atoms with E-state index in [4.69, 9.17) is 4.74 Å². The van der Waals surface area contributed by atoms with E-state index in [1.165, 1.54) is 0 Å². The third-order valence-corrected chi connectivity index (χ3v) is 1.87. The molecule has 0 heterocycles. The average molecular weight is 204 g/mol. The monoisotopic (exact) mass is 204 g/mol. The highest BCUT2D eigenvalue weighted by Crippen LogP contribution is 2.06. The summed E-state index contributed by atoms with van der Waals surface area (Å²) < 4.78 is 4.73. The summed E-state index contributed by atoms with van der Waals surface area (Å²) in [4.78, 5) is 21.8. The summed E-state index contributed by atoms with van der Waals surface area (Å²) in [6, 6.07) is 9.26. The molecule has 0 saturated carbocycles. The first kappa shape index (κ1) is 11.2. The molecule has 0 N–H and O–H groups in total. The lowest BCUT2D eigenvalue weighted by molar-refractivity contribution is -0.138. The Balaban J connectivity index is 2.72. The van der Waals surface area contributed by atoms with Crippen LogP contribution in [-0.2, 0) is 20.7 Å². The zero-order valence-corrected chi connectivity index (χ0v) is 8.53. The van der Waals surface area contributed by atoms with Gasteiger partial charge in [-0.3, -0.25) is 0 Å². The molecule has 0 bridgehead atoms. The topological polar surface area (TPSA) is 43.4 Å². The van der Waals surface area contributed by atoms with Gasteiger partial charge in [-0.05, 0) is 12.5 Å². The standard InChI is InChI=1S/C12H12O3/c1-2-15-12(14)11(9-13)8-10-6-4-3-5-7-10/h3-7H,2,8H2,1H3. The number of esters is 1. The number of carbonyl (C=O) groups excluding carboxylic acids is 2. The fourth-order valence-electron chi connectivity index (χ4n) is 1.17. The highest BCUT2D eigenvalue weighted by Gasteiger charge is 2.11. The molecule has 0 unspecified atom stereocenters. The van der Waals surface area contributed by atoms with Crippen molar-refractivity contribution < 1.29 is 14.3 Å². The minimum Gasteiger partial charge on any atom is -0.462 e. The predicted octanol–water partition coefficient (Wildman–Crippen LogP) is 1.55. The summed E-state index contributed by atoms with van der Waals surface area (Å²) in [5, 5.41) is 0. The van der Waals surface area contributed by atoms with Crippen LogP contribution < -0.4 is 0 Å². The molecule has 0 amide bonds. The van der Waals surface area contributed by atoms with Crippen LogP contribution in [0.5, 0.6) is 0 Å². The van der Waals surface area contributed by atoms with Crippen molar-refractivity contribution in [3.8, 4) is 0 Å². The fraction of sp³-hybridized carbons (Fsp3) is 0.250. The van der Waals surface area contributed by atoms with Gasteiger partial charge in [0.1, 0.15) is 11.5 Å². The van der Waals surface area contributed by atoms with Crippen LogP contribution in [0.2, 0.25) is 0 Å². The van der Waals surface area contributed by atoms with Gasteiger partial charge in [-0.1, -0.05) is 30.3 Å². The Morgan fingerprint density at radius 1 is 1.33 bits per heavy atom. The van der Waals surface area contributed by atoms with Crippen molar-refractivity contribution in [1.29, 1.82) is 0 Å². The molecule has 0 spiro atoms. The van der Waals surface area contributed by atoms with Gasteiger partial charge in [-0.25, -0.2) is 9.59 Å². The first-order chi connectivity index (χ1) is 7.27. The number of rotatable bonds is 4. The maximum atomic E-state index is 11.3. The molecular formula is C12H12O3. The second-order valence-electron chi connectivity index (χ2n) is 2.96. The number of benzene rings is 1. The van der Waals surface area contributed by atoms with E-state index in [9.17, 15) is 9.59 Å². The number of hydrogen-bond donors (Lipinski definition) is 0. The first-order valence-corrected chi connectivity index (χ1v) is 4.73. The molecule has 0 aliphatic carbocycles. The maximum Gasteiger partial charge on any atom is 0.345 e. The Bertz CT molecular complexity index is 375. The summed E-state index contributed by atoms with van der Waals surface area (Å²) in [6.07, 6.45) is 0.267. The minimum atomic E-state index is -0.587. The maximum absolute atomic E-state index is 11.3. The molecule has 1 aromatic carbocycles. The van der Waals surface area contributed by atoms with Gasteiger partial charge >= 0.3 is 5.97 Å². The summed E-state index contributed by atoms with van der Waals surface area (Å²) in [6.45, 7) is 1.96. The second kappa shape index (κ2) is 5.78. The molecule has 78 valence electrons. The van der Waals surface area contributed by atoms with Crippen molar-refractivity contribution in [1.82, 2.24) is 0 Å². The van der Waals surface area contributed by atoms with Crippen molar-refractivity contribution in [3.63, 3.8) is 0 Å². The van der Waals surface area contributed by atoms with Crippen LogP contribution in [0.4, 0.5) is 0 Å². The fourth-order valence-corrected chi connectivity index (χ4v) is 1.17. The Morgan fingerprint density at radius 3 is 2.53 bits per heavy atom. The normalized spacial score (nSPS) is 9.13. The van der Waals surface area contributed by atoms with Crippen LogP contribution in [0.25, 0.3) is 0 Å². The molecule has 3 heteroatoms. The lowest BCUT2D eigenvalue weighted by Gasteiger charge is -2.02. The molecule has 0 fully saturated rings.